The maximum atomic E-state index is 12.9. The molecule has 0 amide bonds. The number of aromatic hydroxyl groups is 1. The van der Waals surface area contributed by atoms with E-state index in [1.165, 1.54) is 6.07 Å². The summed E-state index contributed by atoms with van der Waals surface area (Å²) >= 11 is 0. The number of halogens is 3. The molecule has 7 heteroatoms. The smallest absolute Gasteiger partial charge is 0.416 e. The molecule has 1 aromatic heterocycles. The van der Waals surface area contributed by atoms with Crippen LogP contribution in [-0.2, 0) is 6.18 Å². The van der Waals surface area contributed by atoms with Crippen molar-refractivity contribution in [3.63, 3.8) is 0 Å². The average Bonchev–Trinajstić information content (AvgIpc) is 2.67. The van der Waals surface area contributed by atoms with Crippen LogP contribution in [0.5, 0.6) is 11.5 Å². The van der Waals surface area contributed by atoms with Gasteiger partial charge in [0.05, 0.1) is 11.1 Å². The molecule has 0 unspecified atom stereocenters. The van der Waals surface area contributed by atoms with Gasteiger partial charge in [-0.3, -0.25) is 4.98 Å². The monoisotopic (exact) mass is 388 g/mol. The topological polar surface area (TPSA) is 45.6 Å². The molecule has 0 radical (unpaired) electrons. The summed E-state index contributed by atoms with van der Waals surface area (Å²) in [6.07, 6.45) is -1.38. The van der Waals surface area contributed by atoms with Crippen molar-refractivity contribution in [3.05, 3.63) is 60.3 Å². The lowest BCUT2D eigenvalue weighted by Gasteiger charge is -2.34. The fourth-order valence-corrected chi connectivity index (χ4v) is 3.55. The van der Waals surface area contributed by atoms with E-state index in [0.29, 0.717) is 12.8 Å². The molecule has 1 N–H and O–H groups in total. The molecular formula is C21H19F3N2O2. The van der Waals surface area contributed by atoms with E-state index >= 15 is 0 Å². The quantitative estimate of drug-likeness (QED) is 0.685. The second kappa shape index (κ2) is 7.22. The predicted octanol–water partition coefficient (Wildman–Crippen LogP) is 5.01. The van der Waals surface area contributed by atoms with Crippen LogP contribution in [0.15, 0.2) is 54.7 Å². The first-order chi connectivity index (χ1) is 13.4. The Morgan fingerprint density at radius 1 is 1.04 bits per heavy atom. The summed E-state index contributed by atoms with van der Waals surface area (Å²) in [6.45, 7) is 1.45. The fourth-order valence-electron chi connectivity index (χ4n) is 3.55. The van der Waals surface area contributed by atoms with Gasteiger partial charge in [0, 0.05) is 49.3 Å². The van der Waals surface area contributed by atoms with Gasteiger partial charge in [0.1, 0.15) is 17.6 Å². The zero-order valence-electron chi connectivity index (χ0n) is 15.0. The van der Waals surface area contributed by atoms with Crippen LogP contribution in [0, 0.1) is 0 Å². The first kappa shape index (κ1) is 18.4. The number of ether oxygens (including phenoxy) is 1. The first-order valence-corrected chi connectivity index (χ1v) is 9.07. The highest BCUT2D eigenvalue weighted by molar-refractivity contribution is 5.92. The Hall–Kier alpha value is -2.96. The summed E-state index contributed by atoms with van der Waals surface area (Å²) in [7, 11) is 0. The van der Waals surface area contributed by atoms with Crippen LogP contribution in [-0.4, -0.2) is 29.3 Å². The summed E-state index contributed by atoms with van der Waals surface area (Å²) in [5, 5.41) is 10.6. The molecule has 0 spiro atoms. The molecule has 4 rings (SSSR count). The van der Waals surface area contributed by atoms with Crippen LogP contribution in [0.1, 0.15) is 18.4 Å². The third kappa shape index (κ3) is 3.83. The Morgan fingerprint density at radius 2 is 1.82 bits per heavy atom. The lowest BCUT2D eigenvalue weighted by Crippen LogP contribution is -2.38. The molecule has 0 atom stereocenters. The minimum atomic E-state index is -4.38. The van der Waals surface area contributed by atoms with Gasteiger partial charge in [-0.05, 0) is 36.4 Å². The number of benzene rings is 2. The minimum Gasteiger partial charge on any atom is -0.508 e. The van der Waals surface area contributed by atoms with Crippen LogP contribution in [0.3, 0.4) is 0 Å². The Labute approximate surface area is 160 Å². The molecule has 0 saturated carbocycles. The molecule has 1 saturated heterocycles. The Kier molecular flexibility index (Phi) is 4.75. The molecule has 1 fully saturated rings. The van der Waals surface area contributed by atoms with E-state index in [-0.39, 0.29) is 17.6 Å². The van der Waals surface area contributed by atoms with Crippen molar-refractivity contribution in [2.75, 3.05) is 18.0 Å². The second-order valence-electron chi connectivity index (χ2n) is 6.86. The van der Waals surface area contributed by atoms with E-state index in [9.17, 15) is 18.3 Å². The van der Waals surface area contributed by atoms with Crippen LogP contribution < -0.4 is 9.64 Å². The molecule has 1 aliphatic heterocycles. The zero-order chi connectivity index (χ0) is 19.7. The Morgan fingerprint density at radius 3 is 2.57 bits per heavy atom. The third-order valence-electron chi connectivity index (χ3n) is 4.95. The standard InChI is InChI=1S/C21H19F3N2O2/c22-21(23,24)14-2-1-3-17(12-14)28-16-7-10-26(11-8-16)20-6-9-25-19-13-15(27)4-5-18(19)20/h1-6,9,12-13,16,27H,7-8,10-11H2. The summed E-state index contributed by atoms with van der Waals surface area (Å²) in [4.78, 5) is 6.51. The van der Waals surface area contributed by atoms with E-state index in [0.717, 1.165) is 41.8 Å². The molecule has 1 aliphatic rings. The summed E-state index contributed by atoms with van der Waals surface area (Å²) < 4.78 is 44.4. The van der Waals surface area contributed by atoms with Gasteiger partial charge < -0.3 is 14.7 Å². The number of fused-ring (bicyclic) bond motifs is 1. The number of piperidine rings is 1. The number of phenols is 1. The lowest BCUT2D eigenvalue weighted by atomic mass is 10.1. The van der Waals surface area contributed by atoms with Gasteiger partial charge in [0.2, 0.25) is 0 Å². The molecule has 0 bridgehead atoms. The van der Waals surface area contributed by atoms with Gasteiger partial charge >= 0.3 is 6.18 Å². The van der Waals surface area contributed by atoms with Crippen LogP contribution in [0.2, 0.25) is 0 Å². The maximum absolute atomic E-state index is 12.9. The largest absolute Gasteiger partial charge is 0.508 e. The minimum absolute atomic E-state index is 0.128. The molecular weight excluding hydrogens is 369 g/mol. The van der Waals surface area contributed by atoms with Crippen molar-refractivity contribution in [2.45, 2.75) is 25.1 Å². The number of hydrogen-bond acceptors (Lipinski definition) is 4. The number of rotatable bonds is 3. The van der Waals surface area contributed by atoms with E-state index < -0.39 is 11.7 Å². The zero-order valence-corrected chi connectivity index (χ0v) is 15.0. The Bertz CT molecular complexity index is 983. The average molecular weight is 388 g/mol. The number of hydrogen-bond donors (Lipinski definition) is 1. The van der Waals surface area contributed by atoms with Crippen molar-refractivity contribution < 1.29 is 23.0 Å². The predicted molar refractivity (Wildman–Crippen MR) is 101 cm³/mol. The van der Waals surface area contributed by atoms with E-state index in [2.05, 4.69) is 9.88 Å². The molecule has 146 valence electrons. The highest BCUT2D eigenvalue weighted by Crippen LogP contribution is 2.33. The van der Waals surface area contributed by atoms with Gasteiger partial charge in [0.25, 0.3) is 0 Å². The van der Waals surface area contributed by atoms with Gasteiger partial charge in [-0.1, -0.05) is 6.07 Å². The molecule has 3 aromatic rings. The highest BCUT2D eigenvalue weighted by Gasteiger charge is 2.31. The first-order valence-electron chi connectivity index (χ1n) is 9.07. The number of anilines is 1. The fraction of sp³-hybridized carbons (Fsp3) is 0.286. The van der Waals surface area contributed by atoms with Crippen molar-refractivity contribution >= 4 is 16.6 Å². The third-order valence-corrected chi connectivity index (χ3v) is 4.95. The van der Waals surface area contributed by atoms with Crippen LogP contribution in [0.4, 0.5) is 18.9 Å². The summed E-state index contributed by atoms with van der Waals surface area (Å²) in [6, 6.07) is 12.1. The van der Waals surface area contributed by atoms with Gasteiger partial charge in [-0.2, -0.15) is 13.2 Å². The van der Waals surface area contributed by atoms with Crippen molar-refractivity contribution in [2.24, 2.45) is 0 Å². The van der Waals surface area contributed by atoms with Gasteiger partial charge in [0.15, 0.2) is 0 Å². The molecule has 28 heavy (non-hydrogen) atoms. The van der Waals surface area contributed by atoms with E-state index in [1.807, 2.05) is 12.1 Å². The number of aromatic nitrogens is 1. The molecule has 0 aliphatic carbocycles. The second-order valence-corrected chi connectivity index (χ2v) is 6.86. The SMILES string of the molecule is Oc1ccc2c(N3CCC(Oc4cccc(C(F)(F)F)c4)CC3)ccnc2c1. The summed E-state index contributed by atoms with van der Waals surface area (Å²) in [5.41, 5.74) is 1.05. The van der Waals surface area contributed by atoms with Gasteiger partial charge in [-0.15, -0.1) is 0 Å². The molecule has 4 nitrogen and oxygen atoms in total. The maximum Gasteiger partial charge on any atom is 0.416 e. The van der Waals surface area contributed by atoms with Crippen molar-refractivity contribution in [3.8, 4) is 11.5 Å². The number of nitrogens with zero attached hydrogens (tertiary/aromatic N) is 2. The van der Waals surface area contributed by atoms with E-state index in [1.54, 1.807) is 24.4 Å². The normalized spacial score (nSPS) is 15.8. The van der Waals surface area contributed by atoms with Crippen molar-refractivity contribution in [1.82, 2.24) is 4.98 Å². The van der Waals surface area contributed by atoms with E-state index in [4.69, 9.17) is 4.74 Å². The highest BCUT2D eigenvalue weighted by atomic mass is 19.4. The van der Waals surface area contributed by atoms with Crippen LogP contribution in [0.25, 0.3) is 10.9 Å². The summed E-state index contributed by atoms with van der Waals surface area (Å²) in [5.74, 6) is 0.420. The lowest BCUT2D eigenvalue weighted by molar-refractivity contribution is -0.137. The number of alkyl halides is 3. The van der Waals surface area contributed by atoms with Crippen LogP contribution >= 0.6 is 0 Å². The van der Waals surface area contributed by atoms with Crippen molar-refractivity contribution in [1.29, 1.82) is 0 Å². The molecule has 2 heterocycles. The number of phenolic OH excluding ortho intramolecular Hbond substituents is 1. The van der Waals surface area contributed by atoms with Gasteiger partial charge in [-0.25, -0.2) is 0 Å². The number of pyridine rings is 1. The Balaban J connectivity index is 1.44. The molecule has 2 aromatic carbocycles.